The first-order valence-corrected chi connectivity index (χ1v) is 6.78. The fourth-order valence-electron chi connectivity index (χ4n) is 2.11. The first-order chi connectivity index (χ1) is 8.36. The fraction of sp³-hybridized carbons (Fsp3) is 0.769. The van der Waals surface area contributed by atoms with E-state index in [9.17, 15) is 0 Å². The molecular formula is C13H21N3O. The molecule has 0 atom stereocenters. The Balaban J connectivity index is 1.64. The second-order valence-electron chi connectivity index (χ2n) is 5.23. The number of rotatable bonds is 7. The van der Waals surface area contributed by atoms with Gasteiger partial charge in [-0.05, 0) is 38.1 Å². The highest BCUT2D eigenvalue weighted by atomic mass is 16.4. The van der Waals surface area contributed by atoms with Gasteiger partial charge in [-0.25, -0.2) is 0 Å². The molecule has 0 radical (unpaired) electrons. The Morgan fingerprint density at radius 2 is 2.24 bits per heavy atom. The second-order valence-corrected chi connectivity index (χ2v) is 5.23. The van der Waals surface area contributed by atoms with E-state index in [4.69, 9.17) is 4.42 Å². The molecule has 1 N–H and O–H groups in total. The molecule has 1 aromatic rings. The van der Waals surface area contributed by atoms with Crippen molar-refractivity contribution in [2.75, 3.05) is 18.0 Å². The Morgan fingerprint density at radius 1 is 1.41 bits per heavy atom. The Hall–Kier alpha value is -1.03. The van der Waals surface area contributed by atoms with Crippen LogP contribution < -0.4 is 10.2 Å². The molecular weight excluding hydrogens is 214 g/mol. The number of hydrogen-bond donors (Lipinski definition) is 1. The summed E-state index contributed by atoms with van der Waals surface area (Å²) in [7, 11) is 0. The molecule has 2 aliphatic carbocycles. The predicted molar refractivity (Wildman–Crippen MR) is 67.0 cm³/mol. The van der Waals surface area contributed by atoms with Crippen molar-refractivity contribution in [3.8, 4) is 0 Å². The van der Waals surface area contributed by atoms with E-state index in [1.165, 1.54) is 25.7 Å². The van der Waals surface area contributed by atoms with Crippen molar-refractivity contribution >= 4 is 6.01 Å². The molecule has 94 valence electrons. The molecule has 0 bridgehead atoms. The topological polar surface area (TPSA) is 41.3 Å². The second kappa shape index (κ2) is 4.69. The Labute approximate surface area is 102 Å². The smallest absolute Gasteiger partial charge is 0.297 e. The van der Waals surface area contributed by atoms with Crippen molar-refractivity contribution in [2.24, 2.45) is 5.92 Å². The lowest BCUT2D eigenvalue weighted by Gasteiger charge is -2.19. The normalized spacial score (nSPS) is 19.6. The van der Waals surface area contributed by atoms with Crippen molar-refractivity contribution in [3.05, 3.63) is 12.0 Å². The van der Waals surface area contributed by atoms with Gasteiger partial charge >= 0.3 is 0 Å². The van der Waals surface area contributed by atoms with Crippen LogP contribution in [0.3, 0.4) is 0 Å². The summed E-state index contributed by atoms with van der Waals surface area (Å²) in [6.45, 7) is 5.02. The van der Waals surface area contributed by atoms with Gasteiger partial charge in [-0.15, -0.1) is 0 Å². The Bertz CT molecular complexity index is 368. The van der Waals surface area contributed by atoms with E-state index in [0.717, 1.165) is 37.3 Å². The first kappa shape index (κ1) is 11.1. The molecule has 4 nitrogen and oxygen atoms in total. The molecule has 3 rings (SSSR count). The zero-order valence-electron chi connectivity index (χ0n) is 10.5. The third-order valence-electron chi connectivity index (χ3n) is 3.48. The minimum atomic E-state index is 0.696. The van der Waals surface area contributed by atoms with Gasteiger partial charge in [-0.1, -0.05) is 6.92 Å². The number of aromatic nitrogens is 1. The summed E-state index contributed by atoms with van der Waals surface area (Å²) in [6.07, 6.45) is 7.16. The molecule has 2 aliphatic rings. The minimum absolute atomic E-state index is 0.696. The van der Waals surface area contributed by atoms with E-state index >= 15 is 0 Å². The van der Waals surface area contributed by atoms with Gasteiger partial charge in [0.25, 0.3) is 6.01 Å². The Kier molecular flexibility index (Phi) is 3.05. The summed E-state index contributed by atoms with van der Waals surface area (Å²) >= 11 is 0. The van der Waals surface area contributed by atoms with Crippen molar-refractivity contribution in [2.45, 2.75) is 45.2 Å². The van der Waals surface area contributed by atoms with Crippen LogP contribution in [0.5, 0.6) is 0 Å². The maximum atomic E-state index is 5.63. The molecule has 0 aliphatic heterocycles. The monoisotopic (exact) mass is 235 g/mol. The highest BCUT2D eigenvalue weighted by Crippen LogP contribution is 2.37. The molecule has 2 saturated carbocycles. The van der Waals surface area contributed by atoms with Crippen molar-refractivity contribution in [3.63, 3.8) is 0 Å². The van der Waals surface area contributed by atoms with Crippen molar-refractivity contribution < 1.29 is 4.42 Å². The highest BCUT2D eigenvalue weighted by molar-refractivity contribution is 5.32. The van der Waals surface area contributed by atoms with Crippen LogP contribution in [0, 0.1) is 5.92 Å². The largest absolute Gasteiger partial charge is 0.432 e. The average molecular weight is 235 g/mol. The highest BCUT2D eigenvalue weighted by Gasteiger charge is 2.36. The zero-order chi connectivity index (χ0) is 11.7. The van der Waals surface area contributed by atoms with Crippen LogP contribution in [0.2, 0.25) is 0 Å². The Morgan fingerprint density at radius 3 is 2.88 bits per heavy atom. The molecule has 0 aromatic carbocycles. The summed E-state index contributed by atoms with van der Waals surface area (Å²) in [5, 5.41) is 3.27. The average Bonchev–Trinajstić information content (AvgIpc) is 3.23. The van der Waals surface area contributed by atoms with Crippen LogP contribution >= 0.6 is 0 Å². The quantitative estimate of drug-likeness (QED) is 0.786. The van der Waals surface area contributed by atoms with E-state index in [1.54, 1.807) is 6.26 Å². The molecule has 0 amide bonds. The lowest BCUT2D eigenvalue weighted by molar-refractivity contribution is 0.522. The molecule has 2 fully saturated rings. The third kappa shape index (κ3) is 2.80. The molecule has 1 aromatic heterocycles. The number of hydrogen-bond acceptors (Lipinski definition) is 4. The predicted octanol–water partition coefficient (Wildman–Crippen LogP) is 2.16. The zero-order valence-corrected chi connectivity index (χ0v) is 10.5. The number of anilines is 1. The van der Waals surface area contributed by atoms with Crippen LogP contribution in [-0.4, -0.2) is 24.1 Å². The van der Waals surface area contributed by atoms with Crippen LogP contribution in [-0.2, 0) is 6.54 Å². The summed E-state index contributed by atoms with van der Waals surface area (Å²) in [5.74, 6) is 0.889. The van der Waals surface area contributed by atoms with E-state index < -0.39 is 0 Å². The van der Waals surface area contributed by atoms with Crippen molar-refractivity contribution in [1.29, 1.82) is 0 Å². The van der Waals surface area contributed by atoms with Crippen LogP contribution in [0.1, 0.15) is 38.3 Å². The van der Waals surface area contributed by atoms with Gasteiger partial charge in [0.15, 0.2) is 0 Å². The molecule has 17 heavy (non-hydrogen) atoms. The third-order valence-corrected chi connectivity index (χ3v) is 3.48. The van der Waals surface area contributed by atoms with Crippen LogP contribution in [0.15, 0.2) is 10.7 Å². The van der Waals surface area contributed by atoms with Gasteiger partial charge in [0.1, 0.15) is 6.26 Å². The van der Waals surface area contributed by atoms with Gasteiger partial charge in [0.2, 0.25) is 0 Å². The van der Waals surface area contributed by atoms with E-state index in [0.29, 0.717) is 6.04 Å². The van der Waals surface area contributed by atoms with E-state index in [2.05, 4.69) is 22.1 Å². The SMILES string of the molecule is CCNCc1coc(N(CC2CC2)C2CC2)n1. The molecule has 4 heteroatoms. The summed E-state index contributed by atoms with van der Waals surface area (Å²) < 4.78 is 5.63. The standard InChI is InChI=1S/C13H21N3O/c1-2-14-7-11-9-17-13(15-11)16(12-5-6-12)8-10-3-4-10/h9-10,12,14H,2-8H2,1H3. The lowest BCUT2D eigenvalue weighted by atomic mass is 10.4. The van der Waals surface area contributed by atoms with Gasteiger partial charge in [0, 0.05) is 19.1 Å². The maximum Gasteiger partial charge on any atom is 0.297 e. The minimum Gasteiger partial charge on any atom is -0.432 e. The number of nitrogens with zero attached hydrogens (tertiary/aromatic N) is 2. The van der Waals surface area contributed by atoms with E-state index in [1.807, 2.05) is 0 Å². The van der Waals surface area contributed by atoms with Crippen molar-refractivity contribution in [1.82, 2.24) is 10.3 Å². The van der Waals surface area contributed by atoms with Crippen LogP contribution in [0.4, 0.5) is 6.01 Å². The number of nitrogens with one attached hydrogen (secondary N) is 1. The summed E-state index contributed by atoms with van der Waals surface area (Å²) in [5.41, 5.74) is 1.02. The number of oxazole rings is 1. The van der Waals surface area contributed by atoms with Gasteiger partial charge in [-0.3, -0.25) is 0 Å². The molecule has 0 unspecified atom stereocenters. The lowest BCUT2D eigenvalue weighted by Crippen LogP contribution is -2.28. The van der Waals surface area contributed by atoms with Gasteiger partial charge < -0.3 is 14.6 Å². The summed E-state index contributed by atoms with van der Waals surface area (Å²) in [6, 6.07) is 1.54. The fourth-order valence-corrected chi connectivity index (χ4v) is 2.11. The maximum absolute atomic E-state index is 5.63. The molecule has 0 saturated heterocycles. The van der Waals surface area contributed by atoms with Gasteiger partial charge in [0.05, 0.1) is 5.69 Å². The van der Waals surface area contributed by atoms with Crippen LogP contribution in [0.25, 0.3) is 0 Å². The first-order valence-electron chi connectivity index (χ1n) is 6.78. The molecule has 1 heterocycles. The summed E-state index contributed by atoms with van der Waals surface area (Å²) in [4.78, 5) is 6.97. The molecule has 0 spiro atoms. The van der Waals surface area contributed by atoms with E-state index in [-0.39, 0.29) is 0 Å². The van der Waals surface area contributed by atoms with Gasteiger partial charge in [-0.2, -0.15) is 4.98 Å².